The van der Waals surface area contributed by atoms with E-state index in [1.807, 2.05) is 18.2 Å². The summed E-state index contributed by atoms with van der Waals surface area (Å²) in [6.45, 7) is 0. The van der Waals surface area contributed by atoms with Gasteiger partial charge < -0.3 is 0 Å². The Balaban J connectivity index is 1.94. The Morgan fingerprint density at radius 3 is 2.68 bits per heavy atom. The van der Waals surface area contributed by atoms with Crippen molar-refractivity contribution in [1.82, 2.24) is 0 Å². The van der Waals surface area contributed by atoms with Gasteiger partial charge in [-0.1, -0.05) is 33.8 Å². The second-order valence-corrected chi connectivity index (χ2v) is 6.73. The lowest BCUT2D eigenvalue weighted by molar-refractivity contribution is 1.07. The van der Waals surface area contributed by atoms with Crippen molar-refractivity contribution in [2.75, 3.05) is 0 Å². The van der Waals surface area contributed by atoms with Crippen molar-refractivity contribution in [3.63, 3.8) is 0 Å². The molecule has 2 aromatic rings. The second kappa shape index (κ2) is 5.40. The zero-order valence-corrected chi connectivity index (χ0v) is 12.7. The van der Waals surface area contributed by atoms with E-state index in [1.54, 1.807) is 11.8 Å². The third-order valence-electron chi connectivity index (χ3n) is 3.18. The maximum absolute atomic E-state index is 9.02. The number of nitriles is 1. The summed E-state index contributed by atoms with van der Waals surface area (Å²) in [6, 6.07) is 16.6. The summed E-state index contributed by atoms with van der Waals surface area (Å²) in [5.41, 5.74) is 2.10. The van der Waals surface area contributed by atoms with Gasteiger partial charge in [-0.2, -0.15) is 5.26 Å². The number of hydrogen-bond acceptors (Lipinski definition) is 2. The Morgan fingerprint density at radius 1 is 1.16 bits per heavy atom. The standard InChI is InChI=1S/C16H12BrNS/c17-13-2-1-3-14(9-13)19-16-7-4-11(10-18)8-15(16)12-5-6-12/h1-4,7-9,12H,5-6H2. The van der Waals surface area contributed by atoms with E-state index < -0.39 is 0 Å². The average Bonchev–Trinajstić information content (AvgIpc) is 3.23. The number of rotatable bonds is 3. The molecular weight excluding hydrogens is 318 g/mol. The highest BCUT2D eigenvalue weighted by molar-refractivity contribution is 9.10. The molecule has 1 aliphatic rings. The van der Waals surface area contributed by atoms with E-state index in [9.17, 15) is 0 Å². The molecule has 0 saturated heterocycles. The third kappa shape index (κ3) is 3.02. The van der Waals surface area contributed by atoms with Crippen molar-refractivity contribution in [2.45, 2.75) is 28.6 Å². The highest BCUT2D eigenvalue weighted by atomic mass is 79.9. The molecular formula is C16H12BrNS. The molecule has 1 aliphatic carbocycles. The Morgan fingerprint density at radius 2 is 2.00 bits per heavy atom. The second-order valence-electron chi connectivity index (χ2n) is 4.70. The molecule has 1 nitrogen and oxygen atoms in total. The number of benzene rings is 2. The first-order valence-electron chi connectivity index (χ1n) is 6.24. The zero-order chi connectivity index (χ0) is 13.2. The predicted octanol–water partition coefficient (Wildman–Crippen LogP) is 5.35. The smallest absolute Gasteiger partial charge is 0.0991 e. The van der Waals surface area contributed by atoms with E-state index in [0.717, 1.165) is 10.0 Å². The molecule has 1 fully saturated rings. The van der Waals surface area contributed by atoms with Gasteiger partial charge in [-0.15, -0.1) is 0 Å². The fourth-order valence-corrected chi connectivity index (χ4v) is 3.70. The quantitative estimate of drug-likeness (QED) is 0.757. The minimum absolute atomic E-state index is 0.656. The molecule has 3 heteroatoms. The van der Waals surface area contributed by atoms with Gasteiger partial charge in [0.1, 0.15) is 0 Å². The van der Waals surface area contributed by atoms with Gasteiger partial charge >= 0.3 is 0 Å². The van der Waals surface area contributed by atoms with Crippen LogP contribution in [0, 0.1) is 11.3 Å². The van der Waals surface area contributed by atoms with Crippen molar-refractivity contribution in [1.29, 1.82) is 5.26 Å². The molecule has 0 N–H and O–H groups in total. The summed E-state index contributed by atoms with van der Waals surface area (Å²) in [4.78, 5) is 2.50. The highest BCUT2D eigenvalue weighted by Gasteiger charge is 2.26. The third-order valence-corrected chi connectivity index (χ3v) is 4.75. The molecule has 3 rings (SSSR count). The number of nitrogens with zero attached hydrogens (tertiary/aromatic N) is 1. The van der Waals surface area contributed by atoms with Crippen LogP contribution in [-0.2, 0) is 0 Å². The van der Waals surface area contributed by atoms with Gasteiger partial charge in [0.25, 0.3) is 0 Å². The van der Waals surface area contributed by atoms with E-state index in [2.05, 4.69) is 46.3 Å². The molecule has 0 radical (unpaired) electrons. The molecule has 0 aromatic heterocycles. The number of hydrogen-bond donors (Lipinski definition) is 0. The molecule has 2 aromatic carbocycles. The summed E-state index contributed by atoms with van der Waals surface area (Å²) in [7, 11) is 0. The van der Waals surface area contributed by atoms with Crippen LogP contribution in [0.4, 0.5) is 0 Å². The van der Waals surface area contributed by atoms with Gasteiger partial charge in [0, 0.05) is 14.3 Å². The number of halogens is 1. The van der Waals surface area contributed by atoms with Crippen LogP contribution in [0.15, 0.2) is 56.7 Å². The van der Waals surface area contributed by atoms with Gasteiger partial charge in [-0.3, -0.25) is 0 Å². The van der Waals surface area contributed by atoms with Crippen LogP contribution in [-0.4, -0.2) is 0 Å². The van der Waals surface area contributed by atoms with E-state index in [-0.39, 0.29) is 0 Å². The maximum atomic E-state index is 9.02. The maximum Gasteiger partial charge on any atom is 0.0991 e. The topological polar surface area (TPSA) is 23.8 Å². The Bertz CT molecular complexity index is 656. The molecule has 0 bridgehead atoms. The summed E-state index contributed by atoms with van der Waals surface area (Å²) in [5, 5.41) is 9.02. The molecule has 0 amide bonds. The van der Waals surface area contributed by atoms with Crippen LogP contribution < -0.4 is 0 Å². The fraction of sp³-hybridized carbons (Fsp3) is 0.188. The molecule has 0 aliphatic heterocycles. The van der Waals surface area contributed by atoms with Crippen molar-refractivity contribution in [3.05, 3.63) is 58.1 Å². The lowest BCUT2D eigenvalue weighted by Crippen LogP contribution is -1.87. The van der Waals surface area contributed by atoms with Crippen molar-refractivity contribution < 1.29 is 0 Å². The van der Waals surface area contributed by atoms with Crippen LogP contribution in [0.2, 0.25) is 0 Å². The van der Waals surface area contributed by atoms with Gasteiger partial charge in [0.05, 0.1) is 11.6 Å². The molecule has 0 heterocycles. The Labute approximate surface area is 125 Å². The van der Waals surface area contributed by atoms with Crippen LogP contribution in [0.1, 0.15) is 29.9 Å². The zero-order valence-electron chi connectivity index (χ0n) is 10.3. The Kier molecular flexibility index (Phi) is 3.63. The first-order chi connectivity index (χ1) is 9.26. The molecule has 19 heavy (non-hydrogen) atoms. The summed E-state index contributed by atoms with van der Waals surface area (Å²) < 4.78 is 1.10. The van der Waals surface area contributed by atoms with Gasteiger partial charge in [-0.05, 0) is 60.7 Å². The average molecular weight is 330 g/mol. The molecule has 0 unspecified atom stereocenters. The summed E-state index contributed by atoms with van der Waals surface area (Å²) in [6.07, 6.45) is 2.50. The summed E-state index contributed by atoms with van der Waals surface area (Å²) >= 11 is 5.28. The Hall–Kier alpha value is -1.24. The molecule has 1 saturated carbocycles. The monoisotopic (exact) mass is 329 g/mol. The molecule has 0 atom stereocenters. The van der Waals surface area contributed by atoms with Crippen LogP contribution in [0.3, 0.4) is 0 Å². The summed E-state index contributed by atoms with van der Waals surface area (Å²) in [5.74, 6) is 0.656. The van der Waals surface area contributed by atoms with Gasteiger partial charge in [0.15, 0.2) is 0 Å². The fourth-order valence-electron chi connectivity index (χ4n) is 2.08. The molecule has 94 valence electrons. The lowest BCUT2D eigenvalue weighted by Gasteiger charge is -2.09. The SMILES string of the molecule is N#Cc1ccc(Sc2cccc(Br)c2)c(C2CC2)c1. The van der Waals surface area contributed by atoms with Crippen molar-refractivity contribution in [2.24, 2.45) is 0 Å². The van der Waals surface area contributed by atoms with Crippen LogP contribution >= 0.6 is 27.7 Å². The minimum Gasteiger partial charge on any atom is -0.192 e. The first kappa shape index (κ1) is 12.8. The van der Waals surface area contributed by atoms with Crippen molar-refractivity contribution >= 4 is 27.7 Å². The van der Waals surface area contributed by atoms with Crippen LogP contribution in [0.5, 0.6) is 0 Å². The van der Waals surface area contributed by atoms with E-state index in [0.29, 0.717) is 5.92 Å². The normalized spacial score (nSPS) is 14.1. The lowest BCUT2D eigenvalue weighted by atomic mass is 10.1. The highest BCUT2D eigenvalue weighted by Crippen LogP contribution is 2.46. The van der Waals surface area contributed by atoms with E-state index >= 15 is 0 Å². The first-order valence-corrected chi connectivity index (χ1v) is 7.84. The largest absolute Gasteiger partial charge is 0.192 e. The van der Waals surface area contributed by atoms with Gasteiger partial charge in [0.2, 0.25) is 0 Å². The van der Waals surface area contributed by atoms with Gasteiger partial charge in [-0.25, -0.2) is 0 Å². The van der Waals surface area contributed by atoms with E-state index in [1.165, 1.54) is 28.2 Å². The predicted molar refractivity (Wildman–Crippen MR) is 81.4 cm³/mol. The van der Waals surface area contributed by atoms with E-state index in [4.69, 9.17) is 5.26 Å². The van der Waals surface area contributed by atoms with Crippen LogP contribution in [0.25, 0.3) is 0 Å². The minimum atomic E-state index is 0.656. The molecule has 0 spiro atoms. The van der Waals surface area contributed by atoms with Crippen molar-refractivity contribution in [3.8, 4) is 6.07 Å².